The fourth-order valence-corrected chi connectivity index (χ4v) is 4.06. The first-order chi connectivity index (χ1) is 14.4. The lowest BCUT2D eigenvalue weighted by molar-refractivity contribution is -0.142. The highest BCUT2D eigenvalue weighted by Gasteiger charge is 2.32. The summed E-state index contributed by atoms with van der Waals surface area (Å²) in [5, 5.41) is 5.82. The largest absolute Gasteiger partial charge is 0.343 e. The van der Waals surface area contributed by atoms with Gasteiger partial charge < -0.3 is 15.5 Å². The number of carbonyl (C=O) groups excluding carboxylic acids is 4. The minimum atomic E-state index is -0.677. The molecule has 30 heavy (non-hydrogen) atoms. The molecule has 0 radical (unpaired) electrons. The van der Waals surface area contributed by atoms with E-state index in [4.69, 9.17) is 0 Å². The van der Waals surface area contributed by atoms with Crippen molar-refractivity contribution in [2.75, 3.05) is 18.1 Å². The molecule has 7 nitrogen and oxygen atoms in total. The van der Waals surface area contributed by atoms with Gasteiger partial charge in [0, 0.05) is 31.8 Å². The van der Waals surface area contributed by atoms with Crippen LogP contribution in [0.2, 0.25) is 0 Å². The summed E-state index contributed by atoms with van der Waals surface area (Å²) >= 11 is 1.30. The Bertz CT molecular complexity index is 741. The van der Waals surface area contributed by atoms with E-state index in [1.54, 1.807) is 26.1 Å². The molecule has 1 aliphatic rings. The summed E-state index contributed by atoms with van der Waals surface area (Å²) in [4.78, 5) is 50.0. The third-order valence-electron chi connectivity index (χ3n) is 5.15. The van der Waals surface area contributed by atoms with Gasteiger partial charge in [-0.15, -0.1) is 0 Å². The Morgan fingerprint density at radius 2 is 1.90 bits per heavy atom. The highest BCUT2D eigenvalue weighted by Crippen LogP contribution is 2.18. The molecule has 0 unspecified atom stereocenters. The van der Waals surface area contributed by atoms with Crippen LogP contribution in [0.3, 0.4) is 0 Å². The second kappa shape index (κ2) is 12.4. The highest BCUT2D eigenvalue weighted by molar-refractivity contribution is 8.13. The lowest BCUT2D eigenvalue weighted by atomic mass is 10.0. The number of nitrogens with zero attached hydrogens (tertiary/aromatic N) is 1. The molecule has 0 bridgehead atoms. The average Bonchev–Trinajstić information content (AvgIpc) is 2.72. The number of thioether (sulfide) groups is 1. The Balaban J connectivity index is 1.95. The van der Waals surface area contributed by atoms with Gasteiger partial charge in [-0.1, -0.05) is 42.8 Å². The minimum absolute atomic E-state index is 0.0466. The zero-order chi connectivity index (χ0) is 21.9. The van der Waals surface area contributed by atoms with Gasteiger partial charge in [0.25, 0.3) is 0 Å². The van der Waals surface area contributed by atoms with Crippen molar-refractivity contribution in [1.82, 2.24) is 10.2 Å². The van der Waals surface area contributed by atoms with E-state index in [0.717, 1.165) is 25.0 Å². The number of para-hydroxylation sites is 1. The molecule has 1 fully saturated rings. The first kappa shape index (κ1) is 23.9. The zero-order valence-corrected chi connectivity index (χ0v) is 18.5. The number of hydrogen-bond donors (Lipinski definition) is 2. The molecular formula is C22H31N3O4S. The Morgan fingerprint density at radius 1 is 1.17 bits per heavy atom. The molecule has 1 saturated heterocycles. The molecule has 0 aliphatic carbocycles. The molecule has 164 valence electrons. The van der Waals surface area contributed by atoms with Gasteiger partial charge in [0.15, 0.2) is 5.12 Å². The van der Waals surface area contributed by atoms with E-state index in [9.17, 15) is 19.2 Å². The summed E-state index contributed by atoms with van der Waals surface area (Å²) in [6.07, 6.45) is 4.73. The molecule has 8 heteroatoms. The summed E-state index contributed by atoms with van der Waals surface area (Å²) in [5.74, 6) is 0.162. The molecule has 1 aliphatic heterocycles. The number of anilines is 1. The number of amides is 3. The smallest absolute Gasteiger partial charge is 0.246 e. The fraction of sp³-hybridized carbons (Fsp3) is 0.545. The third-order valence-corrected chi connectivity index (χ3v) is 6.05. The molecule has 2 N–H and O–H groups in total. The summed E-state index contributed by atoms with van der Waals surface area (Å²) < 4.78 is 0. The minimum Gasteiger partial charge on any atom is -0.343 e. The van der Waals surface area contributed by atoms with Crippen molar-refractivity contribution in [1.29, 1.82) is 0 Å². The van der Waals surface area contributed by atoms with Crippen LogP contribution < -0.4 is 10.6 Å². The van der Waals surface area contributed by atoms with Gasteiger partial charge in [0.1, 0.15) is 12.1 Å². The predicted octanol–water partition coefficient (Wildman–Crippen LogP) is 2.96. The van der Waals surface area contributed by atoms with Crippen LogP contribution in [-0.2, 0) is 19.2 Å². The van der Waals surface area contributed by atoms with Crippen molar-refractivity contribution < 1.29 is 19.2 Å². The van der Waals surface area contributed by atoms with Crippen LogP contribution >= 0.6 is 11.8 Å². The van der Waals surface area contributed by atoms with Crippen LogP contribution in [0, 0.1) is 0 Å². The van der Waals surface area contributed by atoms with Gasteiger partial charge >= 0.3 is 0 Å². The van der Waals surface area contributed by atoms with E-state index < -0.39 is 12.1 Å². The molecule has 1 aromatic rings. The van der Waals surface area contributed by atoms with Crippen molar-refractivity contribution in [3.8, 4) is 0 Å². The van der Waals surface area contributed by atoms with E-state index in [-0.39, 0.29) is 22.8 Å². The van der Waals surface area contributed by atoms with E-state index >= 15 is 0 Å². The molecule has 0 saturated carbocycles. The molecule has 3 amide bonds. The van der Waals surface area contributed by atoms with Gasteiger partial charge in [-0.3, -0.25) is 19.2 Å². The van der Waals surface area contributed by atoms with Crippen LogP contribution in [0.15, 0.2) is 30.3 Å². The number of hydrogen-bond acceptors (Lipinski definition) is 5. The SMILES string of the molecule is CC(=O)SCCCCC[C@H](NC(=O)[C@@H]1CCCC(=O)N1C)C(=O)Nc1ccccc1. The molecule has 2 atom stereocenters. The van der Waals surface area contributed by atoms with E-state index in [0.29, 0.717) is 31.4 Å². The van der Waals surface area contributed by atoms with Crippen LogP contribution in [0.5, 0.6) is 0 Å². The number of rotatable bonds is 10. The van der Waals surface area contributed by atoms with E-state index in [1.165, 1.54) is 16.7 Å². The average molecular weight is 434 g/mol. The van der Waals surface area contributed by atoms with Crippen LogP contribution in [0.25, 0.3) is 0 Å². The number of unbranched alkanes of at least 4 members (excludes halogenated alkanes) is 2. The van der Waals surface area contributed by atoms with Gasteiger partial charge in [-0.25, -0.2) is 0 Å². The van der Waals surface area contributed by atoms with Crippen molar-refractivity contribution in [3.63, 3.8) is 0 Å². The summed E-state index contributed by atoms with van der Waals surface area (Å²) in [5.41, 5.74) is 0.671. The normalized spacial score (nSPS) is 17.3. The molecule has 1 aromatic carbocycles. The number of piperidine rings is 1. The van der Waals surface area contributed by atoms with Crippen molar-refractivity contribution in [3.05, 3.63) is 30.3 Å². The number of likely N-dealkylation sites (tertiary alicyclic amines) is 1. The lowest BCUT2D eigenvalue weighted by Gasteiger charge is -2.32. The quantitative estimate of drug-likeness (QED) is 0.553. The van der Waals surface area contributed by atoms with Crippen molar-refractivity contribution in [2.24, 2.45) is 0 Å². The number of nitrogens with one attached hydrogen (secondary N) is 2. The van der Waals surface area contributed by atoms with Crippen LogP contribution in [0.4, 0.5) is 5.69 Å². The second-order valence-electron chi connectivity index (χ2n) is 7.52. The van der Waals surface area contributed by atoms with E-state index in [2.05, 4.69) is 10.6 Å². The molecule has 2 rings (SSSR count). The summed E-state index contributed by atoms with van der Waals surface area (Å²) in [6, 6.07) is 7.90. The highest BCUT2D eigenvalue weighted by atomic mass is 32.2. The van der Waals surface area contributed by atoms with Crippen molar-refractivity contribution in [2.45, 2.75) is 64.0 Å². The van der Waals surface area contributed by atoms with Crippen LogP contribution in [0.1, 0.15) is 51.9 Å². The van der Waals surface area contributed by atoms with Crippen LogP contribution in [-0.4, -0.2) is 52.6 Å². The molecule has 0 spiro atoms. The number of carbonyl (C=O) groups is 4. The maximum atomic E-state index is 12.8. The molecule has 1 heterocycles. The number of benzene rings is 1. The Hall–Kier alpha value is -2.35. The summed E-state index contributed by atoms with van der Waals surface area (Å²) in [6.45, 7) is 1.55. The van der Waals surface area contributed by atoms with Gasteiger partial charge in [-0.2, -0.15) is 0 Å². The predicted molar refractivity (Wildman–Crippen MR) is 119 cm³/mol. The lowest BCUT2D eigenvalue weighted by Crippen LogP contribution is -2.54. The van der Waals surface area contributed by atoms with Gasteiger partial charge in [0.2, 0.25) is 17.7 Å². The van der Waals surface area contributed by atoms with E-state index in [1.807, 2.05) is 18.2 Å². The Kier molecular flexibility index (Phi) is 9.86. The fourth-order valence-electron chi connectivity index (χ4n) is 3.43. The molecular weight excluding hydrogens is 402 g/mol. The topological polar surface area (TPSA) is 95.6 Å². The molecule has 0 aromatic heterocycles. The number of likely N-dealkylation sites (N-methyl/N-ethyl adjacent to an activating group) is 1. The monoisotopic (exact) mass is 433 g/mol. The first-order valence-electron chi connectivity index (χ1n) is 10.4. The second-order valence-corrected chi connectivity index (χ2v) is 8.79. The Labute approximate surface area is 182 Å². The van der Waals surface area contributed by atoms with Gasteiger partial charge in [0.05, 0.1) is 0 Å². The van der Waals surface area contributed by atoms with Gasteiger partial charge in [-0.05, 0) is 37.8 Å². The third kappa shape index (κ3) is 7.82. The Morgan fingerprint density at radius 3 is 2.60 bits per heavy atom. The standard InChI is InChI=1S/C22H31N3O4S/c1-16(26)30-15-8-4-7-12-18(21(28)23-17-10-5-3-6-11-17)24-22(29)19-13-9-14-20(27)25(19)2/h3,5-6,10-11,18-19H,4,7-9,12-15H2,1-2H3,(H,23,28)(H,24,29)/t18-,19-/m0/s1. The van der Waals surface area contributed by atoms with Crippen molar-refractivity contribution >= 4 is 40.3 Å². The first-order valence-corrected chi connectivity index (χ1v) is 11.4. The maximum Gasteiger partial charge on any atom is 0.246 e. The maximum absolute atomic E-state index is 12.8. The zero-order valence-electron chi connectivity index (χ0n) is 17.7. The summed E-state index contributed by atoms with van der Waals surface area (Å²) in [7, 11) is 1.64.